The van der Waals surface area contributed by atoms with Crippen LogP contribution in [0.4, 0.5) is 8.78 Å². The van der Waals surface area contributed by atoms with Gasteiger partial charge in [-0.05, 0) is 48.0 Å². The molecule has 0 aliphatic rings. The van der Waals surface area contributed by atoms with E-state index in [0.29, 0.717) is 16.6 Å². The van der Waals surface area contributed by atoms with Crippen LogP contribution in [0, 0.1) is 0 Å². The number of alkyl halides is 2. The zero-order chi connectivity index (χ0) is 18.9. The van der Waals surface area contributed by atoms with Crippen LogP contribution in [0.5, 0.6) is 0 Å². The van der Waals surface area contributed by atoms with E-state index in [2.05, 4.69) is 10.4 Å². The third-order valence-electron chi connectivity index (χ3n) is 3.74. The van der Waals surface area contributed by atoms with Crippen molar-refractivity contribution in [1.29, 1.82) is 0 Å². The summed E-state index contributed by atoms with van der Waals surface area (Å²) in [6.07, 6.45) is 0.0934. The monoisotopic (exact) mass is 379 g/mol. The van der Waals surface area contributed by atoms with Crippen LogP contribution >= 0.6 is 0 Å². The molecule has 1 N–H and O–H groups in total. The second kappa shape index (κ2) is 6.93. The zero-order valence-corrected chi connectivity index (χ0v) is 14.5. The minimum Gasteiger partial charge on any atom is -0.610 e. The van der Waals surface area contributed by atoms with Crippen LogP contribution in [0.1, 0.15) is 10.5 Å². The molecule has 1 atom stereocenters. The number of carbonyl (C=O) groups excluding carboxylic acids is 1. The van der Waals surface area contributed by atoms with E-state index in [4.69, 9.17) is 0 Å². The van der Waals surface area contributed by atoms with Crippen LogP contribution in [-0.2, 0) is 14.4 Å². The van der Waals surface area contributed by atoms with Crippen LogP contribution in [0.25, 0.3) is 16.6 Å². The maximum atomic E-state index is 12.3. The Balaban J connectivity index is 2.03. The van der Waals surface area contributed by atoms with Gasteiger partial charge < -0.3 is 9.87 Å². The quantitative estimate of drug-likeness (QED) is 0.691. The molecule has 1 unspecified atom stereocenters. The standard InChI is InChI=1S/C17H15F2N3O3S/c1-26(24,25)12-6-4-11(5-7-12)13-9-14(17(23)20-10-16(18)19)21-22-8-2-3-15(13)22/h2-9,16H,10H2,1H3,(H-,20,23,24,25). The highest BCUT2D eigenvalue weighted by atomic mass is 32.3. The van der Waals surface area contributed by atoms with Crippen LogP contribution < -0.4 is 5.32 Å². The van der Waals surface area contributed by atoms with E-state index >= 15 is 0 Å². The summed E-state index contributed by atoms with van der Waals surface area (Å²) in [4.78, 5) is 12.3. The van der Waals surface area contributed by atoms with Crippen molar-refractivity contribution >= 4 is 21.6 Å². The van der Waals surface area contributed by atoms with Crippen LogP contribution in [0.3, 0.4) is 0 Å². The highest BCUT2D eigenvalue weighted by Crippen LogP contribution is 2.27. The summed E-state index contributed by atoms with van der Waals surface area (Å²) in [6.45, 7) is -0.761. The Morgan fingerprint density at radius 3 is 2.62 bits per heavy atom. The number of sulfone groups is 1. The van der Waals surface area contributed by atoms with Crippen LogP contribution in [0.2, 0.25) is 0 Å². The van der Waals surface area contributed by atoms with E-state index in [9.17, 15) is 22.3 Å². The second-order valence-electron chi connectivity index (χ2n) is 5.68. The lowest BCUT2D eigenvalue weighted by molar-refractivity contribution is 0.0885. The third kappa shape index (κ3) is 3.78. The maximum Gasteiger partial charge on any atom is 0.271 e. The molecule has 136 valence electrons. The molecule has 0 saturated heterocycles. The number of hydrogen-bond acceptors (Lipinski definition) is 4. The fourth-order valence-electron chi connectivity index (χ4n) is 2.51. The summed E-state index contributed by atoms with van der Waals surface area (Å²) < 4.78 is 49.3. The molecule has 0 spiro atoms. The molecule has 0 fully saturated rings. The predicted octanol–water partition coefficient (Wildman–Crippen LogP) is 2.61. The second-order valence-corrected chi connectivity index (χ2v) is 7.69. The molecule has 3 rings (SSSR count). The maximum absolute atomic E-state index is 12.3. The van der Waals surface area contributed by atoms with Gasteiger partial charge in [0.25, 0.3) is 12.3 Å². The topological polar surface area (TPSA) is 86.5 Å². The minimum atomic E-state index is -3.32. The van der Waals surface area contributed by atoms with E-state index in [0.717, 1.165) is 6.26 Å². The number of amides is 1. The first kappa shape index (κ1) is 18.2. The first-order chi connectivity index (χ1) is 12.3. The third-order valence-corrected chi connectivity index (χ3v) is 4.87. The lowest BCUT2D eigenvalue weighted by Gasteiger charge is -2.11. The largest absolute Gasteiger partial charge is 0.610 e. The number of aromatic nitrogens is 2. The molecule has 2 aromatic heterocycles. The Morgan fingerprint density at radius 2 is 2.00 bits per heavy atom. The lowest BCUT2D eigenvalue weighted by Crippen LogP contribution is -2.29. The summed E-state index contributed by atoms with van der Waals surface area (Å²) in [5.41, 5.74) is 1.98. The van der Waals surface area contributed by atoms with E-state index in [1.807, 2.05) is 0 Å². The number of halogens is 2. The lowest BCUT2D eigenvalue weighted by atomic mass is 10.1. The molecule has 9 heteroatoms. The molecule has 0 saturated carbocycles. The number of nitrogens with zero attached hydrogens (tertiary/aromatic N) is 2. The normalized spacial score (nSPS) is 13.7. The molecule has 0 aliphatic heterocycles. The van der Waals surface area contributed by atoms with Gasteiger partial charge in [-0.2, -0.15) is 5.10 Å². The smallest absolute Gasteiger partial charge is 0.271 e. The van der Waals surface area contributed by atoms with Gasteiger partial charge in [0, 0.05) is 11.8 Å². The molecule has 0 aliphatic carbocycles. The Labute approximate surface area is 149 Å². The van der Waals surface area contributed by atoms with Crippen molar-refractivity contribution in [3.8, 4) is 11.1 Å². The summed E-state index contributed by atoms with van der Waals surface area (Å²) in [6, 6.07) is 11.2. The SMILES string of the molecule is C[S+](=O)([O-])c1ccc(-c2cc(C(=O)NCC(F)F)nn3cccc23)cc1. The summed E-state index contributed by atoms with van der Waals surface area (Å²) in [5.74, 6) is -0.713. The molecule has 3 aromatic rings. The van der Waals surface area contributed by atoms with Gasteiger partial charge in [-0.15, -0.1) is 4.21 Å². The molecule has 0 bridgehead atoms. The molecular weight excluding hydrogens is 364 g/mol. The Hall–Kier alpha value is -2.65. The molecule has 2 heterocycles. The molecular formula is C17H15F2N3O3S. The average molecular weight is 379 g/mol. The number of benzene rings is 1. The van der Waals surface area contributed by atoms with Gasteiger partial charge in [0.05, 0.1) is 22.3 Å². The van der Waals surface area contributed by atoms with Gasteiger partial charge in [0.2, 0.25) is 0 Å². The first-order valence-electron chi connectivity index (χ1n) is 7.61. The number of nitrogens with one attached hydrogen (secondary N) is 1. The van der Waals surface area contributed by atoms with Crippen LogP contribution in [-0.4, -0.2) is 39.3 Å². The first-order valence-corrected chi connectivity index (χ1v) is 9.50. The Kier molecular flexibility index (Phi) is 4.84. The fraction of sp³-hybridized carbons (Fsp3) is 0.176. The van der Waals surface area contributed by atoms with Gasteiger partial charge in [-0.3, -0.25) is 4.79 Å². The van der Waals surface area contributed by atoms with Crippen molar-refractivity contribution in [3.63, 3.8) is 0 Å². The molecule has 1 aromatic carbocycles. The zero-order valence-electron chi connectivity index (χ0n) is 13.7. The van der Waals surface area contributed by atoms with Crippen molar-refractivity contribution < 1.29 is 22.3 Å². The van der Waals surface area contributed by atoms with Gasteiger partial charge in [0.1, 0.15) is 11.9 Å². The van der Waals surface area contributed by atoms with Gasteiger partial charge in [-0.25, -0.2) is 13.3 Å². The summed E-state index contributed by atoms with van der Waals surface area (Å²) >= 11 is 0. The number of fused-ring (bicyclic) bond motifs is 1. The Bertz CT molecular complexity index is 996. The highest BCUT2D eigenvalue weighted by molar-refractivity contribution is 7.97. The van der Waals surface area contributed by atoms with Crippen LogP contribution in [0.15, 0.2) is 53.6 Å². The summed E-state index contributed by atoms with van der Waals surface area (Å²) in [7, 11) is -3.32. The van der Waals surface area contributed by atoms with Crippen molar-refractivity contribution in [3.05, 3.63) is 54.4 Å². The van der Waals surface area contributed by atoms with Crippen molar-refractivity contribution in [1.82, 2.24) is 14.9 Å². The molecule has 26 heavy (non-hydrogen) atoms. The minimum absolute atomic E-state index is 0.0171. The fourth-order valence-corrected chi connectivity index (χ4v) is 3.14. The number of rotatable bonds is 5. The van der Waals surface area contributed by atoms with Crippen molar-refractivity contribution in [2.75, 3.05) is 12.8 Å². The van der Waals surface area contributed by atoms with E-state index < -0.39 is 29.1 Å². The Morgan fingerprint density at radius 1 is 1.31 bits per heavy atom. The van der Waals surface area contributed by atoms with E-state index in [1.54, 1.807) is 30.5 Å². The predicted molar refractivity (Wildman–Crippen MR) is 92.0 cm³/mol. The number of hydrogen-bond donors (Lipinski definition) is 1. The van der Waals surface area contributed by atoms with Crippen molar-refractivity contribution in [2.24, 2.45) is 0 Å². The van der Waals surface area contributed by atoms with E-state index in [1.165, 1.54) is 22.7 Å². The van der Waals surface area contributed by atoms with Gasteiger partial charge in [0.15, 0.2) is 4.90 Å². The van der Waals surface area contributed by atoms with E-state index in [-0.39, 0.29) is 10.6 Å². The molecule has 6 nitrogen and oxygen atoms in total. The molecule has 0 radical (unpaired) electrons. The number of carbonyl (C=O) groups is 1. The van der Waals surface area contributed by atoms with Gasteiger partial charge in [-0.1, -0.05) is 0 Å². The van der Waals surface area contributed by atoms with Gasteiger partial charge >= 0.3 is 0 Å². The van der Waals surface area contributed by atoms with Crippen molar-refractivity contribution in [2.45, 2.75) is 11.3 Å². The highest BCUT2D eigenvalue weighted by Gasteiger charge is 2.16. The average Bonchev–Trinajstić information content (AvgIpc) is 3.06. The molecule has 1 amide bonds. The summed E-state index contributed by atoms with van der Waals surface area (Å²) in [5, 5.41) is 6.24.